The topological polar surface area (TPSA) is 31.2 Å². The van der Waals surface area contributed by atoms with Crippen molar-refractivity contribution >= 4 is 5.97 Å². The molecule has 1 atom stereocenters. The average Bonchev–Trinajstić information content (AvgIpc) is 2.94. The fourth-order valence-electron chi connectivity index (χ4n) is 2.99. The van der Waals surface area contributed by atoms with Gasteiger partial charge in [-0.05, 0) is 19.4 Å². The largest absolute Gasteiger partial charge is 0.461 e. The number of rotatable bonds is 14. The molecular formula is C20H33F2NO2. The molecule has 0 radical (unpaired) electrons. The molecule has 5 heteroatoms. The molecule has 1 aromatic heterocycles. The molecular weight excluding hydrogens is 324 g/mol. The van der Waals surface area contributed by atoms with Crippen LogP contribution in [-0.2, 0) is 11.3 Å². The van der Waals surface area contributed by atoms with Gasteiger partial charge in [0.1, 0.15) is 6.17 Å². The Balaban J connectivity index is 2.22. The van der Waals surface area contributed by atoms with Gasteiger partial charge < -0.3 is 9.30 Å². The van der Waals surface area contributed by atoms with E-state index in [0.29, 0.717) is 6.42 Å². The van der Waals surface area contributed by atoms with Crippen molar-refractivity contribution in [1.82, 2.24) is 4.57 Å². The van der Waals surface area contributed by atoms with E-state index in [1.807, 2.05) is 0 Å². The highest BCUT2D eigenvalue weighted by atomic mass is 19.1. The Labute approximate surface area is 150 Å². The lowest BCUT2D eigenvalue weighted by Gasteiger charge is -2.12. The van der Waals surface area contributed by atoms with Gasteiger partial charge in [0.25, 0.3) is 0 Å². The molecule has 1 unspecified atom stereocenters. The summed E-state index contributed by atoms with van der Waals surface area (Å²) in [4.78, 5) is 11.7. The molecule has 0 aliphatic heterocycles. The van der Waals surface area contributed by atoms with E-state index in [0.717, 1.165) is 19.3 Å². The molecule has 0 saturated heterocycles. The first-order valence-electron chi connectivity index (χ1n) is 9.75. The number of halogens is 2. The van der Waals surface area contributed by atoms with E-state index >= 15 is 0 Å². The molecule has 0 aliphatic carbocycles. The van der Waals surface area contributed by atoms with Crippen LogP contribution in [0.3, 0.4) is 0 Å². The van der Waals surface area contributed by atoms with Gasteiger partial charge in [0.2, 0.25) is 0 Å². The van der Waals surface area contributed by atoms with Crippen LogP contribution >= 0.6 is 0 Å². The molecule has 1 heterocycles. The van der Waals surface area contributed by atoms with E-state index in [1.165, 1.54) is 55.4 Å². The minimum absolute atomic E-state index is 0.00488. The van der Waals surface area contributed by atoms with E-state index in [4.69, 9.17) is 4.74 Å². The van der Waals surface area contributed by atoms with Crippen LogP contribution in [0.1, 0.15) is 88.5 Å². The van der Waals surface area contributed by atoms with Crippen molar-refractivity contribution in [3.8, 4) is 0 Å². The maximum absolute atomic E-state index is 14.1. The Morgan fingerprint density at radius 2 is 1.68 bits per heavy atom. The predicted molar refractivity (Wildman–Crippen MR) is 97.1 cm³/mol. The fourth-order valence-corrected chi connectivity index (χ4v) is 2.99. The van der Waals surface area contributed by atoms with Crippen LogP contribution in [0.5, 0.6) is 0 Å². The summed E-state index contributed by atoms with van der Waals surface area (Å²) in [5.74, 6) is -1.39. The molecule has 0 saturated carbocycles. The highest BCUT2D eigenvalue weighted by Crippen LogP contribution is 2.16. The summed E-state index contributed by atoms with van der Waals surface area (Å²) < 4.78 is 34.0. The maximum Gasteiger partial charge on any atom is 0.358 e. The molecule has 0 aliphatic rings. The van der Waals surface area contributed by atoms with Crippen molar-refractivity contribution in [2.45, 2.75) is 90.8 Å². The predicted octanol–water partition coefficient (Wildman–Crippen LogP) is 6.06. The summed E-state index contributed by atoms with van der Waals surface area (Å²) in [5, 5.41) is 0. The van der Waals surface area contributed by atoms with E-state index in [2.05, 4.69) is 6.92 Å². The van der Waals surface area contributed by atoms with E-state index < -0.39 is 18.0 Å². The van der Waals surface area contributed by atoms with Crippen molar-refractivity contribution in [3.63, 3.8) is 0 Å². The zero-order valence-corrected chi connectivity index (χ0v) is 15.7. The Morgan fingerprint density at radius 1 is 1.08 bits per heavy atom. The van der Waals surface area contributed by atoms with Crippen molar-refractivity contribution < 1.29 is 18.3 Å². The number of aromatic nitrogens is 1. The Bertz CT molecular complexity index is 488. The third-order valence-corrected chi connectivity index (χ3v) is 4.40. The summed E-state index contributed by atoms with van der Waals surface area (Å²) in [6.45, 7) is 4.03. The third kappa shape index (κ3) is 8.50. The summed E-state index contributed by atoms with van der Waals surface area (Å²) in [7, 11) is 0. The lowest BCUT2D eigenvalue weighted by molar-refractivity contribution is 0.0506. The molecule has 0 aromatic carbocycles. The molecule has 3 nitrogen and oxygen atoms in total. The number of nitrogens with zero attached hydrogens (tertiary/aromatic N) is 1. The second-order valence-electron chi connectivity index (χ2n) is 6.60. The average molecular weight is 357 g/mol. The van der Waals surface area contributed by atoms with Crippen molar-refractivity contribution in [2.75, 3.05) is 6.61 Å². The Morgan fingerprint density at radius 3 is 2.28 bits per heavy atom. The van der Waals surface area contributed by atoms with E-state index in [9.17, 15) is 13.6 Å². The van der Waals surface area contributed by atoms with Crippen LogP contribution in [0, 0.1) is 5.82 Å². The first-order valence-corrected chi connectivity index (χ1v) is 9.75. The highest BCUT2D eigenvalue weighted by Gasteiger charge is 2.20. The first-order chi connectivity index (χ1) is 12.1. The number of esters is 1. The normalized spacial score (nSPS) is 12.3. The van der Waals surface area contributed by atoms with Crippen LogP contribution in [-0.4, -0.2) is 23.3 Å². The van der Waals surface area contributed by atoms with E-state index in [-0.39, 0.29) is 18.8 Å². The summed E-state index contributed by atoms with van der Waals surface area (Å²) in [6.07, 6.45) is 11.5. The zero-order valence-electron chi connectivity index (χ0n) is 15.7. The van der Waals surface area contributed by atoms with Crippen molar-refractivity contribution in [1.29, 1.82) is 0 Å². The molecule has 0 N–H and O–H groups in total. The molecule has 144 valence electrons. The minimum Gasteiger partial charge on any atom is -0.461 e. The van der Waals surface area contributed by atoms with Crippen molar-refractivity contribution in [2.24, 2.45) is 0 Å². The zero-order chi connectivity index (χ0) is 18.5. The third-order valence-electron chi connectivity index (χ3n) is 4.40. The Hall–Kier alpha value is -1.39. The van der Waals surface area contributed by atoms with Gasteiger partial charge >= 0.3 is 5.97 Å². The number of carbonyl (C=O) groups is 1. The smallest absolute Gasteiger partial charge is 0.358 e. The lowest BCUT2D eigenvalue weighted by atomic mass is 10.1. The van der Waals surface area contributed by atoms with Gasteiger partial charge in [-0.3, -0.25) is 0 Å². The quantitative estimate of drug-likeness (QED) is 0.299. The van der Waals surface area contributed by atoms with Gasteiger partial charge in [0.05, 0.1) is 13.2 Å². The number of hydrogen-bond donors (Lipinski definition) is 0. The standard InChI is InChI=1S/C20H33F2NO2/c1-3-5-6-7-8-9-10-11-12-13-17(21)16-23-15-14-18(22)19(23)20(24)25-4-2/h14-15,17H,3-13,16H2,1-2H3. The monoisotopic (exact) mass is 357 g/mol. The molecule has 0 amide bonds. The molecule has 0 fully saturated rings. The number of alkyl halides is 1. The van der Waals surface area contributed by atoms with Crippen LogP contribution in [0.25, 0.3) is 0 Å². The van der Waals surface area contributed by atoms with E-state index in [1.54, 1.807) is 6.92 Å². The van der Waals surface area contributed by atoms with Gasteiger partial charge in [-0.1, -0.05) is 64.7 Å². The molecule has 0 spiro atoms. The second kappa shape index (κ2) is 12.9. The van der Waals surface area contributed by atoms with Crippen LogP contribution in [0.2, 0.25) is 0 Å². The molecule has 0 bridgehead atoms. The van der Waals surface area contributed by atoms with Crippen LogP contribution < -0.4 is 0 Å². The van der Waals surface area contributed by atoms with Gasteiger partial charge in [-0.25, -0.2) is 13.6 Å². The van der Waals surface area contributed by atoms with Crippen molar-refractivity contribution in [3.05, 3.63) is 23.8 Å². The summed E-state index contributed by atoms with van der Waals surface area (Å²) >= 11 is 0. The van der Waals surface area contributed by atoms with Gasteiger partial charge in [-0.15, -0.1) is 0 Å². The van der Waals surface area contributed by atoms with Crippen LogP contribution in [0.4, 0.5) is 8.78 Å². The van der Waals surface area contributed by atoms with Gasteiger partial charge in [0.15, 0.2) is 11.5 Å². The number of unbranched alkanes of at least 4 members (excludes halogenated alkanes) is 8. The molecule has 25 heavy (non-hydrogen) atoms. The number of ether oxygens (including phenoxy) is 1. The first kappa shape index (κ1) is 21.7. The second-order valence-corrected chi connectivity index (χ2v) is 6.60. The molecule has 1 rings (SSSR count). The fraction of sp³-hybridized carbons (Fsp3) is 0.750. The van der Waals surface area contributed by atoms with Gasteiger partial charge in [0, 0.05) is 6.20 Å². The minimum atomic E-state index is -1.08. The SMILES string of the molecule is CCCCCCCCCCCC(F)Cn1ccc(F)c1C(=O)OCC. The number of hydrogen-bond acceptors (Lipinski definition) is 2. The molecule has 1 aromatic rings. The van der Waals surface area contributed by atoms with Gasteiger partial charge in [-0.2, -0.15) is 0 Å². The summed E-state index contributed by atoms with van der Waals surface area (Å²) in [5.41, 5.74) is -0.184. The maximum atomic E-state index is 14.1. The lowest BCUT2D eigenvalue weighted by Crippen LogP contribution is -2.18. The highest BCUT2D eigenvalue weighted by molar-refractivity contribution is 5.88. The summed E-state index contributed by atoms with van der Waals surface area (Å²) in [6, 6.07) is 1.18. The Kier molecular flexibility index (Phi) is 11.2. The van der Waals surface area contributed by atoms with Crippen LogP contribution in [0.15, 0.2) is 12.3 Å². The number of carbonyl (C=O) groups excluding carboxylic acids is 1.